The van der Waals surface area contributed by atoms with Gasteiger partial charge in [0.05, 0.1) is 18.2 Å². The summed E-state index contributed by atoms with van der Waals surface area (Å²) in [4.78, 5) is 158. The molecule has 10 atom stereocenters. The Hall–Kier alpha value is -6.24. The van der Waals surface area contributed by atoms with E-state index in [-0.39, 0.29) is 58.2 Å². The lowest BCUT2D eigenvalue weighted by Crippen LogP contribution is -2.61. The Kier molecular flexibility index (Phi) is 20.0. The second-order valence-corrected chi connectivity index (χ2v) is 17.3. The maximum absolute atomic E-state index is 14.1. The zero-order valence-corrected chi connectivity index (χ0v) is 37.6. The van der Waals surface area contributed by atoms with Gasteiger partial charge >= 0.3 is 17.9 Å². The first-order chi connectivity index (χ1) is 31.7. The molecular weight excluding hydrogens is 887 g/mol. The summed E-state index contributed by atoms with van der Waals surface area (Å²) < 4.78 is 0. The fraction of sp³-hybridized carbons (Fsp3) is 0.714. The van der Waals surface area contributed by atoms with Crippen molar-refractivity contribution < 1.29 is 78.0 Å². The van der Waals surface area contributed by atoms with Gasteiger partial charge in [-0.05, 0) is 91.0 Å². The van der Waals surface area contributed by atoms with Gasteiger partial charge in [0.2, 0.25) is 47.3 Å². The fourth-order valence-corrected chi connectivity index (χ4v) is 8.80. The van der Waals surface area contributed by atoms with E-state index in [4.69, 9.17) is 5.11 Å². The lowest BCUT2D eigenvalue weighted by Gasteiger charge is -2.33. The normalized spacial score (nSPS) is 22.9. The van der Waals surface area contributed by atoms with Crippen LogP contribution in [0.5, 0.6) is 0 Å². The topological polar surface area (TPSA) is 368 Å². The van der Waals surface area contributed by atoms with E-state index in [1.165, 1.54) is 28.5 Å². The number of carbonyl (C=O) groups is 12. The standard InChI is InChI=1S/C42H63N9O16/c1-22(44-39(64)34(23(2)53)48-38(63)29-9-4-18-49(29)41(66)27(13-16-33(58)59)47-35(60)25-7-3-17-43-25)40(65)51-20-6-10-30(51)42(67)50-19-5-8-28(50)37(62)46-26(12-15-32(56)57)36(61)45-24(21-52)11-14-31(54)55/h21-30,34,43,53H,3-20H2,1-2H3,(H,44,64)(H,45,61)(H,46,62)(H,47,60)(H,48,63)(H,54,55)(H,56,57)(H,58,59)/t22-,23+,24-,25-,26-,27-,28-,29-,30-,34-/m0/s1. The first kappa shape index (κ1) is 53.4. The van der Waals surface area contributed by atoms with Crippen molar-refractivity contribution in [1.29, 1.82) is 0 Å². The zero-order valence-electron chi connectivity index (χ0n) is 37.6. The van der Waals surface area contributed by atoms with E-state index < -0.39 is 145 Å². The Balaban J connectivity index is 1.38. The Morgan fingerprint density at radius 2 is 1.09 bits per heavy atom. The van der Waals surface area contributed by atoms with Crippen molar-refractivity contribution in [2.75, 3.05) is 26.2 Å². The number of aldehydes is 1. The van der Waals surface area contributed by atoms with E-state index in [1.807, 2.05) is 0 Å². The van der Waals surface area contributed by atoms with Crippen LogP contribution in [0.25, 0.3) is 0 Å². The highest BCUT2D eigenvalue weighted by molar-refractivity contribution is 5.98. The lowest BCUT2D eigenvalue weighted by atomic mass is 10.1. The van der Waals surface area contributed by atoms with Crippen LogP contribution < -0.4 is 31.9 Å². The summed E-state index contributed by atoms with van der Waals surface area (Å²) in [6.07, 6.45) is -0.594. The van der Waals surface area contributed by atoms with Crippen LogP contribution in [0.15, 0.2) is 0 Å². The van der Waals surface area contributed by atoms with E-state index in [1.54, 1.807) is 0 Å². The van der Waals surface area contributed by atoms with Gasteiger partial charge in [0.15, 0.2) is 0 Å². The third-order valence-corrected chi connectivity index (χ3v) is 12.4. The highest BCUT2D eigenvalue weighted by Crippen LogP contribution is 2.26. The van der Waals surface area contributed by atoms with Crippen LogP contribution in [0, 0.1) is 0 Å². The molecule has 4 fully saturated rings. The molecular formula is C42H63N9O16. The maximum Gasteiger partial charge on any atom is 0.303 e. The monoisotopic (exact) mass is 949 g/mol. The van der Waals surface area contributed by atoms with Gasteiger partial charge in [-0.25, -0.2) is 0 Å². The molecule has 25 heteroatoms. The van der Waals surface area contributed by atoms with Crippen LogP contribution >= 0.6 is 0 Å². The van der Waals surface area contributed by atoms with Gasteiger partial charge in [-0.3, -0.25) is 52.7 Å². The number of hydrogen-bond donors (Lipinski definition) is 10. The number of carboxylic acid groups (broad SMARTS) is 3. The number of aliphatic hydroxyl groups is 1. The Bertz CT molecular complexity index is 1890. The molecule has 8 amide bonds. The zero-order chi connectivity index (χ0) is 49.5. The predicted molar refractivity (Wildman–Crippen MR) is 229 cm³/mol. The van der Waals surface area contributed by atoms with Crippen LogP contribution in [0.3, 0.4) is 0 Å². The van der Waals surface area contributed by atoms with Gasteiger partial charge < -0.3 is 71.8 Å². The van der Waals surface area contributed by atoms with Crippen LogP contribution in [-0.4, -0.2) is 193 Å². The molecule has 67 heavy (non-hydrogen) atoms. The molecule has 0 radical (unpaired) electrons. The molecule has 0 aromatic heterocycles. The number of hydrogen-bond acceptors (Lipinski definition) is 14. The van der Waals surface area contributed by atoms with E-state index in [9.17, 15) is 72.9 Å². The molecule has 10 N–H and O–H groups in total. The van der Waals surface area contributed by atoms with E-state index in [0.29, 0.717) is 38.5 Å². The number of aliphatic carboxylic acids is 3. The molecule has 0 saturated carbocycles. The van der Waals surface area contributed by atoms with Gasteiger partial charge in [-0.2, -0.15) is 0 Å². The average molecular weight is 950 g/mol. The molecule has 0 aromatic rings. The van der Waals surface area contributed by atoms with Crippen molar-refractivity contribution in [3.63, 3.8) is 0 Å². The largest absolute Gasteiger partial charge is 0.481 e. The molecule has 0 aromatic carbocycles. The van der Waals surface area contributed by atoms with Crippen molar-refractivity contribution in [1.82, 2.24) is 46.6 Å². The molecule has 4 heterocycles. The number of carbonyl (C=O) groups excluding carboxylic acids is 9. The van der Waals surface area contributed by atoms with Gasteiger partial charge in [-0.15, -0.1) is 0 Å². The molecule has 4 aliphatic heterocycles. The smallest absolute Gasteiger partial charge is 0.303 e. The third-order valence-electron chi connectivity index (χ3n) is 12.4. The third kappa shape index (κ3) is 14.9. The number of nitrogens with one attached hydrogen (secondary N) is 6. The molecule has 25 nitrogen and oxygen atoms in total. The second-order valence-electron chi connectivity index (χ2n) is 17.3. The molecule has 4 rings (SSSR count). The summed E-state index contributed by atoms with van der Waals surface area (Å²) in [7, 11) is 0. The highest BCUT2D eigenvalue weighted by Gasteiger charge is 2.45. The fourth-order valence-electron chi connectivity index (χ4n) is 8.80. The number of rotatable bonds is 24. The van der Waals surface area contributed by atoms with Gasteiger partial charge in [-0.1, -0.05) is 0 Å². The molecule has 4 saturated heterocycles. The summed E-state index contributed by atoms with van der Waals surface area (Å²) in [5.74, 6) is -9.61. The first-order valence-corrected chi connectivity index (χ1v) is 22.7. The summed E-state index contributed by atoms with van der Waals surface area (Å²) >= 11 is 0. The van der Waals surface area contributed by atoms with Crippen LogP contribution in [0.4, 0.5) is 0 Å². The summed E-state index contributed by atoms with van der Waals surface area (Å²) in [5, 5.41) is 53.5. The summed E-state index contributed by atoms with van der Waals surface area (Å²) in [6.45, 7) is 3.47. The van der Waals surface area contributed by atoms with E-state index in [2.05, 4.69) is 31.9 Å². The number of nitrogens with zero attached hydrogens (tertiary/aromatic N) is 3. The Morgan fingerprint density at radius 1 is 0.582 bits per heavy atom. The number of carboxylic acids is 3. The predicted octanol–water partition coefficient (Wildman–Crippen LogP) is -3.67. The van der Waals surface area contributed by atoms with Gasteiger partial charge in [0.25, 0.3) is 0 Å². The van der Waals surface area contributed by atoms with E-state index >= 15 is 0 Å². The number of aliphatic hydroxyl groups excluding tert-OH is 1. The molecule has 0 unspecified atom stereocenters. The lowest BCUT2D eigenvalue weighted by molar-refractivity contribution is -0.148. The summed E-state index contributed by atoms with van der Waals surface area (Å²) in [6, 6.07) is -10.7. The molecule has 0 aliphatic carbocycles. The van der Waals surface area contributed by atoms with Crippen molar-refractivity contribution in [2.24, 2.45) is 0 Å². The van der Waals surface area contributed by atoms with Crippen LogP contribution in [0.1, 0.15) is 104 Å². The van der Waals surface area contributed by atoms with Crippen LogP contribution in [0.2, 0.25) is 0 Å². The quantitative estimate of drug-likeness (QED) is 0.0417. The van der Waals surface area contributed by atoms with Gasteiger partial charge in [0, 0.05) is 38.9 Å². The average Bonchev–Trinajstić information content (AvgIpc) is 4.13. The minimum absolute atomic E-state index is 0.0958. The molecule has 0 spiro atoms. The van der Waals surface area contributed by atoms with Crippen molar-refractivity contribution >= 4 is 71.5 Å². The van der Waals surface area contributed by atoms with Gasteiger partial charge in [0.1, 0.15) is 48.6 Å². The first-order valence-electron chi connectivity index (χ1n) is 22.7. The molecule has 0 bridgehead atoms. The van der Waals surface area contributed by atoms with Crippen molar-refractivity contribution in [3.05, 3.63) is 0 Å². The summed E-state index contributed by atoms with van der Waals surface area (Å²) in [5.41, 5.74) is 0. The number of likely N-dealkylation sites (tertiary alicyclic amines) is 3. The van der Waals surface area contributed by atoms with E-state index in [0.717, 1.165) is 6.42 Å². The molecule has 372 valence electrons. The Labute approximate surface area is 385 Å². The minimum atomic E-state index is -1.62. The second kappa shape index (κ2) is 25.0. The van der Waals surface area contributed by atoms with Crippen molar-refractivity contribution in [3.8, 4) is 0 Å². The number of amides is 8. The maximum atomic E-state index is 14.1. The van der Waals surface area contributed by atoms with Crippen molar-refractivity contribution in [2.45, 2.75) is 164 Å². The SMILES string of the molecule is C[C@H](NC(=O)[C@@H](NC(=O)[C@@H]1CCCN1C(=O)[C@H](CCC(=O)O)NC(=O)[C@@H]1CCCN1)[C@@H](C)O)C(=O)N1CCC[C@H]1C(=O)N1CCC[C@H]1C(=O)N[C@@H](CCC(=O)O)C(=O)N[C@H](C=O)CCC(=O)O. The molecule has 4 aliphatic rings. The van der Waals surface area contributed by atoms with Crippen LogP contribution in [-0.2, 0) is 57.5 Å². The highest BCUT2D eigenvalue weighted by atomic mass is 16.4. The Morgan fingerprint density at radius 3 is 1.64 bits per heavy atom. The minimum Gasteiger partial charge on any atom is -0.481 e.